The van der Waals surface area contributed by atoms with Gasteiger partial charge in [0.15, 0.2) is 0 Å². The number of nitrogens with zero attached hydrogens (tertiary/aromatic N) is 1. The Bertz CT molecular complexity index is 237. The van der Waals surface area contributed by atoms with E-state index in [4.69, 9.17) is 9.47 Å². The lowest BCUT2D eigenvalue weighted by Crippen LogP contribution is -2.36. The number of methoxy groups -OCH3 is 1. The number of rotatable bonds is 2. The predicted molar refractivity (Wildman–Crippen MR) is 48.7 cm³/mol. The van der Waals surface area contributed by atoms with Gasteiger partial charge in [0.25, 0.3) is 0 Å². The lowest BCUT2D eigenvalue weighted by Gasteiger charge is -2.21. The summed E-state index contributed by atoms with van der Waals surface area (Å²) in [5, 5.41) is 0. The second-order valence-corrected chi connectivity index (χ2v) is 3.19. The largest absolute Gasteiger partial charge is 0.483 e. The van der Waals surface area contributed by atoms with E-state index in [2.05, 4.69) is 4.99 Å². The molecule has 0 saturated heterocycles. The molecule has 0 spiro atoms. The number of hydrogen-bond donors (Lipinski definition) is 0. The molecule has 1 aliphatic heterocycles. The average molecular weight is 185 g/mol. The van der Waals surface area contributed by atoms with Crippen molar-refractivity contribution in [3.8, 4) is 0 Å². The summed E-state index contributed by atoms with van der Waals surface area (Å²) >= 11 is 0. The standard InChI is InChI=1S/C9H15NO3/c1-4-13-8(11)9(2)5-6-10-7(9)12-3/h4-6H2,1-3H3. The molecule has 1 unspecified atom stereocenters. The SMILES string of the molecule is CCOC(=O)C1(C)CCN=C1OC. The van der Waals surface area contributed by atoms with Crippen molar-refractivity contribution in [1.29, 1.82) is 0 Å². The molecule has 0 N–H and O–H groups in total. The molecular weight excluding hydrogens is 170 g/mol. The van der Waals surface area contributed by atoms with Crippen molar-refractivity contribution < 1.29 is 14.3 Å². The molecule has 4 heteroatoms. The molecule has 0 aliphatic carbocycles. The van der Waals surface area contributed by atoms with Crippen molar-refractivity contribution in [3.05, 3.63) is 0 Å². The minimum Gasteiger partial charge on any atom is -0.483 e. The molecule has 0 saturated carbocycles. The average Bonchev–Trinajstić information content (AvgIpc) is 2.48. The molecule has 1 heterocycles. The molecule has 0 aromatic carbocycles. The molecule has 74 valence electrons. The second-order valence-electron chi connectivity index (χ2n) is 3.19. The Hall–Kier alpha value is -1.06. The van der Waals surface area contributed by atoms with Crippen molar-refractivity contribution >= 4 is 11.9 Å². The van der Waals surface area contributed by atoms with Crippen LogP contribution < -0.4 is 0 Å². The molecule has 0 aromatic heterocycles. The van der Waals surface area contributed by atoms with Crippen LogP contribution in [-0.2, 0) is 14.3 Å². The molecule has 1 atom stereocenters. The number of hydrogen-bond acceptors (Lipinski definition) is 4. The van der Waals surface area contributed by atoms with Gasteiger partial charge in [-0.3, -0.25) is 9.79 Å². The van der Waals surface area contributed by atoms with Crippen LogP contribution in [0.1, 0.15) is 20.3 Å². The quantitative estimate of drug-likeness (QED) is 0.603. The van der Waals surface area contributed by atoms with Crippen LogP contribution in [-0.4, -0.2) is 32.1 Å². The summed E-state index contributed by atoms with van der Waals surface area (Å²) in [4.78, 5) is 15.7. The van der Waals surface area contributed by atoms with Crippen molar-refractivity contribution in [2.45, 2.75) is 20.3 Å². The fourth-order valence-electron chi connectivity index (χ4n) is 1.43. The van der Waals surface area contributed by atoms with E-state index < -0.39 is 5.41 Å². The Kier molecular flexibility index (Phi) is 2.90. The third kappa shape index (κ3) is 1.66. The summed E-state index contributed by atoms with van der Waals surface area (Å²) in [7, 11) is 1.53. The molecule has 13 heavy (non-hydrogen) atoms. The zero-order chi connectivity index (χ0) is 9.90. The van der Waals surface area contributed by atoms with Gasteiger partial charge >= 0.3 is 5.97 Å². The van der Waals surface area contributed by atoms with E-state index in [1.54, 1.807) is 13.8 Å². The van der Waals surface area contributed by atoms with Crippen LogP contribution in [0.4, 0.5) is 0 Å². The Morgan fingerprint density at radius 1 is 1.69 bits per heavy atom. The molecule has 1 aliphatic rings. The third-order valence-electron chi connectivity index (χ3n) is 2.26. The maximum atomic E-state index is 11.6. The molecule has 4 nitrogen and oxygen atoms in total. The maximum Gasteiger partial charge on any atom is 0.321 e. The van der Waals surface area contributed by atoms with Gasteiger partial charge in [-0.25, -0.2) is 0 Å². The zero-order valence-corrected chi connectivity index (χ0v) is 8.29. The highest BCUT2D eigenvalue weighted by Crippen LogP contribution is 2.30. The van der Waals surface area contributed by atoms with Crippen LogP contribution in [0.3, 0.4) is 0 Å². The number of ether oxygens (including phenoxy) is 2. The summed E-state index contributed by atoms with van der Waals surface area (Å²) in [5.74, 6) is 0.249. The minimum atomic E-state index is -0.662. The van der Waals surface area contributed by atoms with Crippen molar-refractivity contribution in [2.75, 3.05) is 20.3 Å². The first kappa shape index (κ1) is 10.0. The Morgan fingerprint density at radius 3 is 2.92 bits per heavy atom. The van der Waals surface area contributed by atoms with E-state index in [9.17, 15) is 4.79 Å². The lowest BCUT2D eigenvalue weighted by atomic mass is 9.89. The first-order valence-corrected chi connectivity index (χ1v) is 4.41. The van der Waals surface area contributed by atoms with Gasteiger partial charge in [-0.05, 0) is 20.3 Å². The summed E-state index contributed by atoms with van der Waals surface area (Å²) < 4.78 is 10.0. The van der Waals surface area contributed by atoms with Crippen molar-refractivity contribution in [2.24, 2.45) is 10.4 Å². The third-order valence-corrected chi connectivity index (χ3v) is 2.26. The maximum absolute atomic E-state index is 11.6. The number of carbonyl (C=O) groups excluding carboxylic acids is 1. The summed E-state index contributed by atoms with van der Waals surface area (Å²) in [6, 6.07) is 0. The van der Waals surface area contributed by atoms with Crippen LogP contribution in [0.5, 0.6) is 0 Å². The van der Waals surface area contributed by atoms with Gasteiger partial charge in [0.2, 0.25) is 5.90 Å². The molecule has 0 radical (unpaired) electrons. The highest BCUT2D eigenvalue weighted by molar-refractivity contribution is 6.03. The van der Waals surface area contributed by atoms with Crippen molar-refractivity contribution in [3.63, 3.8) is 0 Å². The van der Waals surface area contributed by atoms with Gasteiger partial charge in [-0.15, -0.1) is 0 Å². The lowest BCUT2D eigenvalue weighted by molar-refractivity contribution is -0.150. The summed E-state index contributed by atoms with van der Waals surface area (Å²) in [5.41, 5.74) is -0.662. The number of carbonyl (C=O) groups is 1. The van der Waals surface area contributed by atoms with E-state index in [1.165, 1.54) is 7.11 Å². The van der Waals surface area contributed by atoms with E-state index in [-0.39, 0.29) is 5.97 Å². The van der Waals surface area contributed by atoms with Gasteiger partial charge in [0.05, 0.1) is 13.7 Å². The smallest absolute Gasteiger partial charge is 0.321 e. The first-order chi connectivity index (χ1) is 6.15. The van der Waals surface area contributed by atoms with Crippen LogP contribution in [0.25, 0.3) is 0 Å². The fraction of sp³-hybridized carbons (Fsp3) is 0.778. The Balaban J connectivity index is 2.75. The summed E-state index contributed by atoms with van der Waals surface area (Å²) in [6.07, 6.45) is 0.676. The zero-order valence-electron chi connectivity index (χ0n) is 8.29. The molecule has 0 amide bonds. The van der Waals surface area contributed by atoms with E-state index >= 15 is 0 Å². The molecule has 0 bridgehead atoms. The minimum absolute atomic E-state index is 0.242. The monoisotopic (exact) mass is 185 g/mol. The van der Waals surface area contributed by atoms with Gasteiger partial charge in [0, 0.05) is 6.54 Å². The van der Waals surface area contributed by atoms with E-state index in [0.29, 0.717) is 25.5 Å². The van der Waals surface area contributed by atoms with Gasteiger partial charge in [0.1, 0.15) is 5.41 Å². The van der Waals surface area contributed by atoms with Gasteiger partial charge < -0.3 is 9.47 Å². The van der Waals surface area contributed by atoms with Crippen LogP contribution in [0.15, 0.2) is 4.99 Å². The number of aliphatic imine (C=N–C) groups is 1. The van der Waals surface area contributed by atoms with Crippen LogP contribution in [0.2, 0.25) is 0 Å². The van der Waals surface area contributed by atoms with Gasteiger partial charge in [-0.2, -0.15) is 0 Å². The topological polar surface area (TPSA) is 47.9 Å². The first-order valence-electron chi connectivity index (χ1n) is 4.41. The normalized spacial score (nSPS) is 26.8. The highest BCUT2D eigenvalue weighted by atomic mass is 16.5. The highest BCUT2D eigenvalue weighted by Gasteiger charge is 2.44. The second kappa shape index (κ2) is 3.77. The molecule has 1 rings (SSSR count). The molecule has 0 fully saturated rings. The Labute approximate surface area is 77.9 Å². The molecular formula is C9H15NO3. The molecule has 0 aromatic rings. The van der Waals surface area contributed by atoms with E-state index in [0.717, 1.165) is 0 Å². The van der Waals surface area contributed by atoms with E-state index in [1.807, 2.05) is 0 Å². The number of esters is 1. The van der Waals surface area contributed by atoms with Gasteiger partial charge in [-0.1, -0.05) is 0 Å². The fourth-order valence-corrected chi connectivity index (χ4v) is 1.43. The van der Waals surface area contributed by atoms with Crippen molar-refractivity contribution in [1.82, 2.24) is 0 Å². The van der Waals surface area contributed by atoms with Crippen LogP contribution >= 0.6 is 0 Å². The summed E-state index contributed by atoms with van der Waals surface area (Å²) in [6.45, 7) is 4.63. The Morgan fingerprint density at radius 2 is 2.38 bits per heavy atom. The van der Waals surface area contributed by atoms with Crippen LogP contribution in [0, 0.1) is 5.41 Å². The predicted octanol–water partition coefficient (Wildman–Crippen LogP) is 1.00.